The van der Waals surface area contributed by atoms with Gasteiger partial charge in [-0.3, -0.25) is 0 Å². The average molecular weight is 869 g/mol. The maximum atomic E-state index is 6.80. The molecule has 2 fully saturated rings. The van der Waals surface area contributed by atoms with E-state index in [0.717, 1.165) is 76.0 Å². The van der Waals surface area contributed by atoms with Gasteiger partial charge < -0.3 is 32.8 Å². The third-order valence-corrected chi connectivity index (χ3v) is 15.4. The third kappa shape index (κ3) is 7.00. The normalized spacial score (nSPS) is 18.3. The Kier molecular flexibility index (Phi) is 10.3. The molecule has 3 heterocycles. The Balaban J connectivity index is 1.02. The summed E-state index contributed by atoms with van der Waals surface area (Å²) < 4.78 is 44.1. The van der Waals surface area contributed by atoms with Crippen LogP contribution in [0, 0.1) is 10.8 Å². The zero-order valence-electron chi connectivity index (χ0n) is 38.9. The Morgan fingerprint density at radius 1 is 0.523 bits per heavy atom. The largest absolute Gasteiger partial charge is 0.490 e. The molecule has 11 rings (SSSR count). The van der Waals surface area contributed by atoms with Gasteiger partial charge in [-0.05, 0) is 99.7 Å². The molecular weight excluding hydrogens is 809 g/mol. The minimum atomic E-state index is -0.497. The van der Waals surface area contributed by atoms with Gasteiger partial charge in [0.25, 0.3) is 0 Å². The second-order valence-electron chi connectivity index (χ2n) is 20.2. The van der Waals surface area contributed by atoms with E-state index in [1.54, 1.807) is 0 Å². The molecule has 0 saturated carbocycles. The van der Waals surface area contributed by atoms with Gasteiger partial charge >= 0.3 is 0 Å². The van der Waals surface area contributed by atoms with Crippen molar-refractivity contribution in [2.24, 2.45) is 10.8 Å². The minimum absolute atomic E-state index is 0.0368. The molecule has 0 spiro atoms. The van der Waals surface area contributed by atoms with Crippen LogP contribution in [-0.4, -0.2) is 59.1 Å². The Bertz CT molecular complexity index is 2950. The average Bonchev–Trinajstić information content (AvgIpc) is 3.84. The molecule has 7 heteroatoms. The molecule has 1 aromatic heterocycles. The number of fused-ring (bicyclic) bond motifs is 9. The number of benzene rings is 6. The van der Waals surface area contributed by atoms with E-state index >= 15 is 0 Å². The summed E-state index contributed by atoms with van der Waals surface area (Å²) in [6.07, 6.45) is 1.53. The molecule has 334 valence electrons. The van der Waals surface area contributed by atoms with Crippen molar-refractivity contribution in [2.45, 2.75) is 78.4 Å². The molecule has 1 atom stereocenters. The van der Waals surface area contributed by atoms with Crippen LogP contribution in [0.1, 0.15) is 83.6 Å². The fourth-order valence-electron chi connectivity index (χ4n) is 10.8. The van der Waals surface area contributed by atoms with Crippen molar-refractivity contribution in [3.63, 3.8) is 0 Å². The maximum absolute atomic E-state index is 6.80. The zero-order chi connectivity index (χ0) is 44.7. The first-order valence-corrected chi connectivity index (χ1v) is 23.6. The first-order valence-electron chi connectivity index (χ1n) is 23.6. The van der Waals surface area contributed by atoms with Crippen molar-refractivity contribution in [3.05, 3.63) is 131 Å². The molecule has 7 nitrogen and oxygen atoms in total. The van der Waals surface area contributed by atoms with Gasteiger partial charge in [0.1, 0.15) is 29.3 Å². The summed E-state index contributed by atoms with van der Waals surface area (Å²) in [5, 5.41) is 2.02. The summed E-state index contributed by atoms with van der Waals surface area (Å²) in [6.45, 7) is 20.8. The fraction of sp³-hybridized carbons (Fsp3) is 0.379. The number of hydrogen-bond donors (Lipinski definition) is 0. The van der Waals surface area contributed by atoms with E-state index < -0.39 is 6.29 Å². The lowest BCUT2D eigenvalue weighted by molar-refractivity contribution is -0.182. The monoisotopic (exact) mass is 868 g/mol. The van der Waals surface area contributed by atoms with Crippen LogP contribution in [0.3, 0.4) is 0 Å². The predicted molar refractivity (Wildman–Crippen MR) is 259 cm³/mol. The highest BCUT2D eigenvalue weighted by Gasteiger charge is 2.40. The first kappa shape index (κ1) is 42.2. The Morgan fingerprint density at radius 3 is 1.54 bits per heavy atom. The van der Waals surface area contributed by atoms with Crippen LogP contribution in [0.2, 0.25) is 0 Å². The molecule has 7 aromatic rings. The second kappa shape index (κ2) is 15.9. The van der Waals surface area contributed by atoms with Gasteiger partial charge in [0.15, 0.2) is 6.29 Å². The van der Waals surface area contributed by atoms with E-state index in [9.17, 15) is 0 Å². The van der Waals surface area contributed by atoms with E-state index in [1.165, 1.54) is 44.5 Å². The van der Waals surface area contributed by atoms with Gasteiger partial charge in [-0.1, -0.05) is 114 Å². The molecule has 2 saturated heterocycles. The molecule has 0 radical (unpaired) electrons. The van der Waals surface area contributed by atoms with E-state index in [4.69, 9.17) is 32.8 Å². The number of hydrogen-bond acceptors (Lipinski definition) is 7. The van der Waals surface area contributed by atoms with Crippen LogP contribution in [0.4, 0.5) is 0 Å². The second-order valence-corrected chi connectivity index (χ2v) is 20.2. The SMILES string of the molecule is CCC1(COCCOc2cc3oc4cc(OC(C)OCC5(CC)COC5)c(-c5ccc6c(c5)C(C)(C)c5ccccc5-6)cc4c3cc2-c2ccc3c(c2)C(C)(C)c2ccccc2-3)COC1. The third-order valence-electron chi connectivity index (χ3n) is 15.4. The van der Waals surface area contributed by atoms with Gasteiger partial charge in [-0.25, -0.2) is 0 Å². The molecule has 0 amide bonds. The van der Waals surface area contributed by atoms with Gasteiger partial charge in [0.2, 0.25) is 0 Å². The topological polar surface area (TPSA) is 68.5 Å². The number of furan rings is 1. The van der Waals surface area contributed by atoms with Crippen LogP contribution < -0.4 is 9.47 Å². The lowest BCUT2D eigenvalue weighted by atomic mass is 9.81. The quantitative estimate of drug-likeness (QED) is 0.0751. The van der Waals surface area contributed by atoms with E-state index in [-0.39, 0.29) is 21.7 Å². The maximum Gasteiger partial charge on any atom is 0.197 e. The Morgan fingerprint density at radius 2 is 1.02 bits per heavy atom. The smallest absolute Gasteiger partial charge is 0.197 e. The van der Waals surface area contributed by atoms with Crippen LogP contribution in [-0.2, 0) is 29.8 Å². The van der Waals surface area contributed by atoms with Gasteiger partial charge in [0.05, 0.1) is 46.2 Å². The van der Waals surface area contributed by atoms with Gasteiger partial charge in [-0.2, -0.15) is 0 Å². The number of ether oxygens (including phenoxy) is 6. The van der Waals surface area contributed by atoms with Crippen molar-refractivity contribution >= 4 is 21.9 Å². The van der Waals surface area contributed by atoms with E-state index in [0.29, 0.717) is 45.4 Å². The van der Waals surface area contributed by atoms with E-state index in [1.807, 2.05) is 6.92 Å². The highest BCUT2D eigenvalue weighted by atomic mass is 16.7. The Hall–Kier alpha value is -5.44. The van der Waals surface area contributed by atoms with Crippen molar-refractivity contribution < 1.29 is 32.8 Å². The van der Waals surface area contributed by atoms with Crippen molar-refractivity contribution in [2.75, 3.05) is 52.9 Å². The highest BCUT2D eigenvalue weighted by molar-refractivity contribution is 6.09. The van der Waals surface area contributed by atoms with Crippen molar-refractivity contribution in [1.29, 1.82) is 0 Å². The lowest BCUT2D eigenvalue weighted by Gasteiger charge is -2.40. The number of rotatable bonds is 15. The first-order chi connectivity index (χ1) is 31.4. The van der Waals surface area contributed by atoms with Crippen LogP contribution in [0.15, 0.2) is 114 Å². The Labute approximate surface area is 383 Å². The molecule has 0 N–H and O–H groups in total. The highest BCUT2D eigenvalue weighted by Crippen LogP contribution is 2.53. The van der Waals surface area contributed by atoms with Crippen LogP contribution in [0.25, 0.3) is 66.4 Å². The van der Waals surface area contributed by atoms with Crippen LogP contribution in [0.5, 0.6) is 11.5 Å². The summed E-state index contributed by atoms with van der Waals surface area (Å²) in [5.74, 6) is 1.47. The molecule has 0 bridgehead atoms. The van der Waals surface area contributed by atoms with Crippen molar-refractivity contribution in [3.8, 4) is 56.0 Å². The summed E-state index contributed by atoms with van der Waals surface area (Å²) in [7, 11) is 0. The van der Waals surface area contributed by atoms with Crippen molar-refractivity contribution in [1.82, 2.24) is 0 Å². The summed E-state index contributed by atoms with van der Waals surface area (Å²) in [5.41, 5.74) is 16.0. The minimum Gasteiger partial charge on any atom is -0.490 e. The molecule has 2 aliphatic carbocycles. The zero-order valence-corrected chi connectivity index (χ0v) is 38.9. The summed E-state index contributed by atoms with van der Waals surface area (Å²) in [6, 6.07) is 40.0. The van der Waals surface area contributed by atoms with Crippen LogP contribution >= 0.6 is 0 Å². The molecule has 2 aliphatic heterocycles. The molecule has 1 unspecified atom stereocenters. The molecule has 6 aromatic carbocycles. The molecule has 65 heavy (non-hydrogen) atoms. The lowest BCUT2D eigenvalue weighted by Crippen LogP contribution is -2.46. The summed E-state index contributed by atoms with van der Waals surface area (Å²) in [4.78, 5) is 0. The standard InChI is InChI=1S/C58H60O7/c1-8-57(31-60-32-57)30-59-22-23-62-51-28-53-45(26-43(51)37-18-20-41-39-14-10-12-16-47(39)55(4,5)49(41)24-37)46-27-44(38-19-21-42-40-15-11-13-17-48(40)56(6,7)50(42)25-38)52(29-54(46)65-53)64-36(3)63-35-58(9-2)33-61-34-58/h10-21,24-29,36H,8-9,22-23,30-35H2,1-7H3. The summed E-state index contributed by atoms with van der Waals surface area (Å²) >= 11 is 0. The van der Waals surface area contributed by atoms with Gasteiger partial charge in [-0.15, -0.1) is 0 Å². The predicted octanol–water partition coefficient (Wildman–Crippen LogP) is 13.5. The van der Waals surface area contributed by atoms with Gasteiger partial charge in [0, 0.05) is 55.7 Å². The molecule has 4 aliphatic rings. The fourth-order valence-corrected chi connectivity index (χ4v) is 10.8. The molecular formula is C58H60O7. The van der Waals surface area contributed by atoms with E-state index in [2.05, 4.69) is 151 Å².